The van der Waals surface area contributed by atoms with Gasteiger partial charge in [0.25, 0.3) is 0 Å². The van der Waals surface area contributed by atoms with Crippen molar-refractivity contribution >= 4 is 11.3 Å². The van der Waals surface area contributed by atoms with Crippen LogP contribution in [0.5, 0.6) is 0 Å². The van der Waals surface area contributed by atoms with Crippen LogP contribution in [0.4, 0.5) is 0 Å². The van der Waals surface area contributed by atoms with Crippen LogP contribution in [0, 0.1) is 10.8 Å². The Morgan fingerprint density at radius 3 is 1.43 bits per heavy atom. The molecule has 4 heteroatoms. The summed E-state index contributed by atoms with van der Waals surface area (Å²) in [7, 11) is 0. The van der Waals surface area contributed by atoms with Crippen molar-refractivity contribution in [3.05, 3.63) is 0 Å². The summed E-state index contributed by atoms with van der Waals surface area (Å²) >= 11 is -1.86. The third kappa shape index (κ3) is 7.47. The second-order valence-corrected chi connectivity index (χ2v) is 7.13. The highest BCUT2D eigenvalue weighted by atomic mass is 32.2. The highest BCUT2D eigenvalue weighted by Gasteiger charge is 2.24. The minimum atomic E-state index is -1.86. The Kier molecular flexibility index (Phi) is 4.75. The predicted octanol–water partition coefficient (Wildman–Crippen LogP) is 2.52. The largest absolute Gasteiger partial charge is 0.294 e. The lowest BCUT2D eigenvalue weighted by molar-refractivity contribution is 0.220. The van der Waals surface area contributed by atoms with E-state index < -0.39 is 11.3 Å². The van der Waals surface area contributed by atoms with Gasteiger partial charge in [-0.1, -0.05) is 41.5 Å². The molecule has 0 amide bonds. The quantitative estimate of drug-likeness (QED) is 0.744. The van der Waals surface area contributed by atoms with E-state index in [4.69, 9.17) is 4.55 Å². The number of hydrogen-bond acceptors (Lipinski definition) is 1. The summed E-state index contributed by atoms with van der Waals surface area (Å²) in [6, 6.07) is 0. The summed E-state index contributed by atoms with van der Waals surface area (Å²) in [5.41, 5.74) is 0.0906. The van der Waals surface area contributed by atoms with Crippen LogP contribution in [0.15, 0.2) is 0 Å². The van der Waals surface area contributed by atoms with Crippen LogP contribution >= 0.6 is 0 Å². The summed E-state index contributed by atoms with van der Waals surface area (Å²) < 4.78 is 21.8. The van der Waals surface area contributed by atoms with Crippen LogP contribution in [-0.2, 0) is 11.3 Å². The Labute approximate surface area is 90.3 Å². The van der Waals surface area contributed by atoms with Crippen LogP contribution in [0.3, 0.4) is 0 Å². The minimum absolute atomic E-state index is 0.0453. The molecule has 0 saturated carbocycles. The first-order chi connectivity index (χ1) is 6.01. The highest BCUT2D eigenvalue weighted by Crippen LogP contribution is 2.21. The Hall–Kier alpha value is 0.0700. The zero-order valence-electron chi connectivity index (χ0n) is 10.1. The van der Waals surface area contributed by atoms with E-state index in [1.165, 1.54) is 0 Å². The molecule has 0 aliphatic carbocycles. The fourth-order valence-corrected chi connectivity index (χ4v) is 2.22. The Bertz CT molecular complexity index is 187. The van der Waals surface area contributed by atoms with E-state index in [0.29, 0.717) is 13.1 Å². The van der Waals surface area contributed by atoms with E-state index in [2.05, 4.69) is 41.5 Å². The van der Waals surface area contributed by atoms with Crippen molar-refractivity contribution in [1.82, 2.24) is 4.31 Å². The van der Waals surface area contributed by atoms with Crippen LogP contribution in [0.25, 0.3) is 0 Å². The van der Waals surface area contributed by atoms with E-state index >= 15 is 0 Å². The Morgan fingerprint density at radius 2 is 1.29 bits per heavy atom. The van der Waals surface area contributed by atoms with E-state index in [9.17, 15) is 4.21 Å². The van der Waals surface area contributed by atoms with Crippen molar-refractivity contribution in [2.45, 2.75) is 41.5 Å². The SMILES string of the molecule is CC(C)(C)CN(CC(C)(C)C)S(=O)O. The molecule has 0 radical (unpaired) electrons. The van der Waals surface area contributed by atoms with Gasteiger partial charge >= 0.3 is 0 Å². The van der Waals surface area contributed by atoms with Gasteiger partial charge in [-0.3, -0.25) is 4.55 Å². The average molecular weight is 221 g/mol. The minimum Gasteiger partial charge on any atom is -0.294 e. The van der Waals surface area contributed by atoms with Crippen molar-refractivity contribution in [3.8, 4) is 0 Å². The molecule has 0 aliphatic heterocycles. The van der Waals surface area contributed by atoms with Gasteiger partial charge in [0.1, 0.15) is 0 Å². The third-order valence-electron chi connectivity index (χ3n) is 1.52. The molecule has 1 N–H and O–H groups in total. The molecule has 0 aliphatic rings. The molecule has 0 aromatic heterocycles. The molecule has 0 bridgehead atoms. The third-order valence-corrected chi connectivity index (χ3v) is 2.22. The second kappa shape index (κ2) is 4.73. The second-order valence-electron chi connectivity index (χ2n) is 6.15. The van der Waals surface area contributed by atoms with Crippen LogP contribution < -0.4 is 0 Å². The van der Waals surface area contributed by atoms with E-state index in [1.807, 2.05) is 0 Å². The fraction of sp³-hybridized carbons (Fsp3) is 1.00. The highest BCUT2D eigenvalue weighted by molar-refractivity contribution is 7.76. The lowest BCUT2D eigenvalue weighted by Crippen LogP contribution is -2.39. The van der Waals surface area contributed by atoms with Gasteiger partial charge in [-0.05, 0) is 10.8 Å². The molecule has 0 aromatic carbocycles. The summed E-state index contributed by atoms with van der Waals surface area (Å²) in [5, 5.41) is 0. The monoisotopic (exact) mass is 221 g/mol. The number of hydrogen-bond donors (Lipinski definition) is 1. The molecule has 0 rings (SSSR count). The van der Waals surface area contributed by atoms with Crippen LogP contribution in [-0.4, -0.2) is 26.2 Å². The van der Waals surface area contributed by atoms with Gasteiger partial charge in [0.15, 0.2) is 0 Å². The summed E-state index contributed by atoms with van der Waals surface area (Å²) in [5.74, 6) is 0. The molecular weight excluding hydrogens is 198 g/mol. The van der Waals surface area contributed by atoms with Crippen molar-refractivity contribution in [2.75, 3.05) is 13.1 Å². The first-order valence-corrected chi connectivity index (χ1v) is 5.94. The van der Waals surface area contributed by atoms with Crippen LogP contribution in [0.1, 0.15) is 41.5 Å². The van der Waals surface area contributed by atoms with Gasteiger partial charge in [0.2, 0.25) is 11.3 Å². The lowest BCUT2D eigenvalue weighted by atomic mass is 9.94. The smallest absolute Gasteiger partial charge is 0.234 e. The van der Waals surface area contributed by atoms with E-state index in [0.717, 1.165) is 0 Å². The molecule has 1 atom stereocenters. The van der Waals surface area contributed by atoms with Gasteiger partial charge in [-0.2, -0.15) is 0 Å². The summed E-state index contributed by atoms with van der Waals surface area (Å²) in [4.78, 5) is 0. The first kappa shape index (κ1) is 14.1. The fourth-order valence-electron chi connectivity index (χ4n) is 1.22. The molecule has 14 heavy (non-hydrogen) atoms. The van der Waals surface area contributed by atoms with E-state index in [1.54, 1.807) is 4.31 Å². The maximum Gasteiger partial charge on any atom is 0.234 e. The molecule has 3 nitrogen and oxygen atoms in total. The van der Waals surface area contributed by atoms with E-state index in [-0.39, 0.29) is 10.8 Å². The molecule has 1 unspecified atom stereocenters. The van der Waals surface area contributed by atoms with Gasteiger partial charge in [0, 0.05) is 13.1 Å². The molecule has 0 heterocycles. The molecule has 0 saturated heterocycles. The predicted molar refractivity (Wildman–Crippen MR) is 61.3 cm³/mol. The Morgan fingerprint density at radius 1 is 1.00 bits per heavy atom. The maximum atomic E-state index is 11.1. The van der Waals surface area contributed by atoms with Gasteiger partial charge in [-0.25, -0.2) is 8.51 Å². The molecule has 0 aromatic rings. The molecule has 0 fully saturated rings. The molecular formula is C10H23NO2S. The Balaban J connectivity index is 4.40. The van der Waals surface area contributed by atoms with Crippen molar-refractivity contribution < 1.29 is 8.76 Å². The van der Waals surface area contributed by atoms with Gasteiger partial charge < -0.3 is 0 Å². The lowest BCUT2D eigenvalue weighted by Gasteiger charge is -2.31. The van der Waals surface area contributed by atoms with Crippen LogP contribution in [0.2, 0.25) is 0 Å². The number of rotatable bonds is 3. The standard InChI is InChI=1S/C10H23NO2S/c1-9(2,3)7-11(14(12)13)8-10(4,5)6/h7-8H2,1-6H3,(H,12,13). The van der Waals surface area contributed by atoms with Crippen molar-refractivity contribution in [2.24, 2.45) is 10.8 Å². The maximum absolute atomic E-state index is 11.1. The van der Waals surface area contributed by atoms with Crippen molar-refractivity contribution in [3.63, 3.8) is 0 Å². The normalized spacial score (nSPS) is 16.0. The van der Waals surface area contributed by atoms with Gasteiger partial charge in [-0.15, -0.1) is 0 Å². The summed E-state index contributed by atoms with van der Waals surface area (Å²) in [6.45, 7) is 13.7. The first-order valence-electron chi connectivity index (χ1n) is 4.87. The summed E-state index contributed by atoms with van der Waals surface area (Å²) in [6.07, 6.45) is 0. The number of nitrogens with zero attached hydrogens (tertiary/aromatic N) is 1. The molecule has 0 spiro atoms. The van der Waals surface area contributed by atoms with Gasteiger partial charge in [0.05, 0.1) is 0 Å². The topological polar surface area (TPSA) is 40.5 Å². The zero-order valence-corrected chi connectivity index (χ0v) is 10.9. The van der Waals surface area contributed by atoms with Crippen molar-refractivity contribution in [1.29, 1.82) is 0 Å². The molecule has 86 valence electrons. The zero-order chi connectivity index (χ0) is 11.6. The average Bonchev–Trinajstić information content (AvgIpc) is 1.78.